The molecule has 0 bridgehead atoms. The summed E-state index contributed by atoms with van der Waals surface area (Å²) in [6, 6.07) is 14.7. The molecule has 8 nitrogen and oxygen atoms in total. The number of pyridine rings is 1. The van der Waals surface area contributed by atoms with E-state index in [-0.39, 0.29) is 11.5 Å². The Bertz CT molecular complexity index is 1310. The number of carbonyl (C=O) groups excluding carboxylic acids is 2. The maximum Gasteiger partial charge on any atom is 0.261 e. The van der Waals surface area contributed by atoms with Gasteiger partial charge in [-0.05, 0) is 43.0 Å². The number of unbranched alkanes of at least 4 members (excludes halogenated alkanes) is 2. The number of rotatable bonds is 11. The molecule has 38 heavy (non-hydrogen) atoms. The molecule has 1 aliphatic rings. The third-order valence-electron chi connectivity index (χ3n) is 7.19. The number of aromatic amines is 1. The molecular formula is C30H37N3O5. The Morgan fingerprint density at radius 3 is 2.50 bits per heavy atom. The number of hydrogen-bond acceptors (Lipinski definition) is 5. The van der Waals surface area contributed by atoms with Crippen molar-refractivity contribution in [2.45, 2.75) is 70.4 Å². The number of H-pyrrole nitrogens is 1. The van der Waals surface area contributed by atoms with Gasteiger partial charge < -0.3 is 25.1 Å². The van der Waals surface area contributed by atoms with E-state index in [1.54, 1.807) is 25.3 Å². The van der Waals surface area contributed by atoms with Gasteiger partial charge >= 0.3 is 0 Å². The van der Waals surface area contributed by atoms with Crippen molar-refractivity contribution in [3.8, 4) is 11.5 Å². The van der Waals surface area contributed by atoms with Gasteiger partial charge in [0, 0.05) is 11.9 Å². The summed E-state index contributed by atoms with van der Waals surface area (Å²) < 4.78 is 11.4. The second-order valence-corrected chi connectivity index (χ2v) is 9.89. The Kier molecular flexibility index (Phi) is 9.05. The summed E-state index contributed by atoms with van der Waals surface area (Å²) in [7, 11) is 1.55. The van der Waals surface area contributed by atoms with Crippen molar-refractivity contribution >= 4 is 22.7 Å². The maximum absolute atomic E-state index is 13.4. The lowest BCUT2D eigenvalue weighted by Crippen LogP contribution is -2.60. The summed E-state index contributed by atoms with van der Waals surface area (Å²) in [6.45, 7) is 2.98. The van der Waals surface area contributed by atoms with Crippen molar-refractivity contribution in [1.29, 1.82) is 0 Å². The zero-order valence-electron chi connectivity index (χ0n) is 22.2. The highest BCUT2D eigenvalue weighted by Gasteiger charge is 2.41. The molecule has 1 heterocycles. The summed E-state index contributed by atoms with van der Waals surface area (Å²) in [5.41, 5.74) is -0.181. The zero-order valence-corrected chi connectivity index (χ0v) is 22.2. The first-order chi connectivity index (χ1) is 18.5. The SMILES string of the molecule is CCCCCOc1c(OC)ccc2cc(C(=O)NC3(C(=O)NCc4ccccc4)CCCCC3)c(=O)[nH]c12. The molecule has 0 radical (unpaired) electrons. The van der Waals surface area contributed by atoms with Gasteiger partial charge in [-0.15, -0.1) is 0 Å². The molecule has 0 spiro atoms. The summed E-state index contributed by atoms with van der Waals surface area (Å²) in [5.74, 6) is 0.178. The van der Waals surface area contributed by atoms with Gasteiger partial charge in [0.15, 0.2) is 11.5 Å². The fraction of sp³-hybridized carbons (Fsp3) is 0.433. The van der Waals surface area contributed by atoms with Crippen LogP contribution in [0.25, 0.3) is 10.9 Å². The molecule has 2 amide bonds. The van der Waals surface area contributed by atoms with Gasteiger partial charge in [0.25, 0.3) is 11.5 Å². The average Bonchev–Trinajstić information content (AvgIpc) is 2.94. The molecule has 0 atom stereocenters. The van der Waals surface area contributed by atoms with E-state index in [0.717, 1.165) is 44.1 Å². The Morgan fingerprint density at radius 2 is 1.79 bits per heavy atom. The molecule has 8 heteroatoms. The van der Waals surface area contributed by atoms with Crippen LogP contribution in [0.3, 0.4) is 0 Å². The molecule has 0 aliphatic heterocycles. The van der Waals surface area contributed by atoms with Crippen LogP contribution in [0.4, 0.5) is 0 Å². The monoisotopic (exact) mass is 519 g/mol. The van der Waals surface area contributed by atoms with Crippen molar-refractivity contribution in [2.75, 3.05) is 13.7 Å². The minimum atomic E-state index is -1.06. The number of amides is 2. The molecule has 3 aromatic rings. The summed E-state index contributed by atoms with van der Waals surface area (Å²) in [4.78, 5) is 42.8. The van der Waals surface area contributed by atoms with E-state index in [0.29, 0.717) is 48.4 Å². The molecule has 1 aromatic heterocycles. The predicted molar refractivity (Wildman–Crippen MR) is 148 cm³/mol. The number of nitrogens with one attached hydrogen (secondary N) is 3. The molecule has 1 aliphatic carbocycles. The Balaban J connectivity index is 1.58. The smallest absolute Gasteiger partial charge is 0.261 e. The Labute approximate surface area is 223 Å². The predicted octanol–water partition coefficient (Wildman–Crippen LogP) is 4.85. The van der Waals surface area contributed by atoms with Crippen LogP contribution in [0.5, 0.6) is 11.5 Å². The van der Waals surface area contributed by atoms with Gasteiger partial charge in [-0.2, -0.15) is 0 Å². The van der Waals surface area contributed by atoms with Crippen LogP contribution >= 0.6 is 0 Å². The van der Waals surface area contributed by atoms with Crippen LogP contribution in [-0.4, -0.2) is 36.1 Å². The van der Waals surface area contributed by atoms with Crippen molar-refractivity contribution in [3.05, 3.63) is 70.0 Å². The topological polar surface area (TPSA) is 110 Å². The van der Waals surface area contributed by atoms with E-state index in [1.807, 2.05) is 30.3 Å². The molecule has 1 fully saturated rings. The van der Waals surface area contributed by atoms with Crippen LogP contribution in [-0.2, 0) is 11.3 Å². The normalized spacial score (nSPS) is 14.6. The second-order valence-electron chi connectivity index (χ2n) is 9.89. The fourth-order valence-electron chi connectivity index (χ4n) is 5.03. The number of methoxy groups -OCH3 is 1. The fourth-order valence-corrected chi connectivity index (χ4v) is 5.03. The average molecular weight is 520 g/mol. The van der Waals surface area contributed by atoms with Gasteiger partial charge in [0.05, 0.1) is 19.2 Å². The van der Waals surface area contributed by atoms with Crippen LogP contribution in [0.15, 0.2) is 53.3 Å². The lowest BCUT2D eigenvalue weighted by molar-refractivity contribution is -0.128. The summed E-state index contributed by atoms with van der Waals surface area (Å²) in [6.07, 6.45) is 6.69. The van der Waals surface area contributed by atoms with Gasteiger partial charge in [0.1, 0.15) is 11.1 Å². The lowest BCUT2D eigenvalue weighted by Gasteiger charge is -2.36. The minimum absolute atomic E-state index is 0.0413. The highest BCUT2D eigenvalue weighted by atomic mass is 16.5. The first-order valence-corrected chi connectivity index (χ1v) is 13.5. The second kappa shape index (κ2) is 12.6. The number of fused-ring (bicyclic) bond motifs is 1. The van der Waals surface area contributed by atoms with Gasteiger partial charge in [-0.25, -0.2) is 0 Å². The third kappa shape index (κ3) is 6.18. The molecule has 2 aromatic carbocycles. The number of benzene rings is 2. The van der Waals surface area contributed by atoms with Gasteiger partial charge in [0.2, 0.25) is 5.91 Å². The number of hydrogen-bond donors (Lipinski definition) is 3. The van der Waals surface area contributed by atoms with Crippen LogP contribution < -0.4 is 25.7 Å². The third-order valence-corrected chi connectivity index (χ3v) is 7.19. The van der Waals surface area contributed by atoms with Gasteiger partial charge in [-0.1, -0.05) is 69.4 Å². The first-order valence-electron chi connectivity index (χ1n) is 13.5. The van der Waals surface area contributed by atoms with Crippen molar-refractivity contribution in [1.82, 2.24) is 15.6 Å². The number of aromatic nitrogens is 1. The lowest BCUT2D eigenvalue weighted by atomic mass is 9.80. The molecule has 0 saturated heterocycles. The standard InChI is InChI=1S/C30H37N3O5/c1-3-4-11-18-38-26-24(37-2)15-14-22-19-23(27(34)32-25(22)26)28(35)33-30(16-9-6-10-17-30)29(36)31-20-21-12-7-5-8-13-21/h5,7-8,12-15,19H,3-4,6,9-11,16-18,20H2,1-2H3,(H,31,36)(H,32,34)(H,33,35). The minimum Gasteiger partial charge on any atom is -0.493 e. The van der Waals surface area contributed by atoms with Crippen molar-refractivity contribution in [3.63, 3.8) is 0 Å². The quantitative estimate of drug-likeness (QED) is 0.314. The Hall–Kier alpha value is -3.81. The van der Waals surface area contributed by atoms with E-state index in [1.165, 1.54) is 0 Å². The molecule has 0 unspecified atom stereocenters. The highest BCUT2D eigenvalue weighted by molar-refractivity contribution is 6.01. The van der Waals surface area contributed by atoms with E-state index < -0.39 is 17.0 Å². The molecular weight excluding hydrogens is 482 g/mol. The van der Waals surface area contributed by atoms with Gasteiger partial charge in [-0.3, -0.25) is 14.4 Å². The van der Waals surface area contributed by atoms with Crippen molar-refractivity contribution in [2.24, 2.45) is 0 Å². The van der Waals surface area contributed by atoms with Crippen molar-refractivity contribution < 1.29 is 19.1 Å². The van der Waals surface area contributed by atoms with E-state index in [4.69, 9.17) is 9.47 Å². The Morgan fingerprint density at radius 1 is 1.03 bits per heavy atom. The van der Waals surface area contributed by atoms with E-state index in [2.05, 4.69) is 22.5 Å². The largest absolute Gasteiger partial charge is 0.493 e. The zero-order chi connectivity index (χ0) is 27.0. The molecule has 1 saturated carbocycles. The molecule has 202 valence electrons. The van der Waals surface area contributed by atoms with Crippen LogP contribution in [0.2, 0.25) is 0 Å². The van der Waals surface area contributed by atoms with Crippen LogP contribution in [0, 0.1) is 0 Å². The number of carbonyl (C=O) groups is 2. The summed E-state index contributed by atoms with van der Waals surface area (Å²) in [5, 5.41) is 6.58. The first kappa shape index (κ1) is 27.2. The summed E-state index contributed by atoms with van der Waals surface area (Å²) >= 11 is 0. The maximum atomic E-state index is 13.4. The molecule has 4 rings (SSSR count). The van der Waals surface area contributed by atoms with Crippen LogP contribution in [0.1, 0.15) is 74.2 Å². The highest BCUT2D eigenvalue weighted by Crippen LogP contribution is 2.34. The van der Waals surface area contributed by atoms with E-state index in [9.17, 15) is 14.4 Å². The molecule has 3 N–H and O–H groups in total. The number of ether oxygens (including phenoxy) is 2. The van der Waals surface area contributed by atoms with E-state index >= 15 is 0 Å².